The maximum Gasteiger partial charge on any atom is 0.335 e. The molecular weight excluding hydrogens is 302 g/mol. The molecule has 124 valence electrons. The van der Waals surface area contributed by atoms with E-state index in [1.165, 1.54) is 30.7 Å². The predicted molar refractivity (Wildman–Crippen MR) is 93.5 cm³/mol. The Morgan fingerprint density at radius 1 is 1.29 bits per heavy atom. The largest absolute Gasteiger partial charge is 0.478 e. The molecule has 2 aromatic heterocycles. The summed E-state index contributed by atoms with van der Waals surface area (Å²) in [5.74, 6) is -0.222. The molecular formula is C19H21N3O2. The van der Waals surface area contributed by atoms with Gasteiger partial charge in [-0.15, -0.1) is 0 Å². The van der Waals surface area contributed by atoms with Crippen molar-refractivity contribution in [3.05, 3.63) is 53.6 Å². The molecule has 0 unspecified atom stereocenters. The van der Waals surface area contributed by atoms with Crippen molar-refractivity contribution in [2.45, 2.75) is 26.7 Å². The fourth-order valence-electron chi connectivity index (χ4n) is 2.79. The van der Waals surface area contributed by atoms with Crippen molar-refractivity contribution in [1.29, 1.82) is 0 Å². The monoisotopic (exact) mass is 323 g/mol. The van der Waals surface area contributed by atoms with Gasteiger partial charge in [0.2, 0.25) is 0 Å². The minimum atomic E-state index is -0.966. The van der Waals surface area contributed by atoms with Crippen LogP contribution in [0.4, 0.5) is 0 Å². The smallest absolute Gasteiger partial charge is 0.335 e. The lowest BCUT2D eigenvalue weighted by Crippen LogP contribution is -1.99. The molecule has 1 saturated carbocycles. The van der Waals surface area contributed by atoms with E-state index in [0.29, 0.717) is 11.4 Å². The molecule has 24 heavy (non-hydrogen) atoms. The van der Waals surface area contributed by atoms with E-state index < -0.39 is 5.97 Å². The predicted octanol–water partition coefficient (Wildman–Crippen LogP) is 3.94. The molecule has 0 saturated heterocycles. The van der Waals surface area contributed by atoms with Gasteiger partial charge in [-0.05, 0) is 50.3 Å². The molecule has 0 aromatic carbocycles. The third kappa shape index (κ3) is 3.30. The molecule has 1 aliphatic carbocycles. The van der Waals surface area contributed by atoms with Crippen molar-refractivity contribution in [3.63, 3.8) is 0 Å². The lowest BCUT2D eigenvalue weighted by molar-refractivity contribution is 0.0697. The number of carboxylic acid groups (broad SMARTS) is 1. The molecule has 2 aromatic rings. The van der Waals surface area contributed by atoms with Gasteiger partial charge in [-0.1, -0.05) is 17.7 Å². The molecule has 5 nitrogen and oxygen atoms in total. The van der Waals surface area contributed by atoms with E-state index in [0.717, 1.165) is 17.2 Å². The van der Waals surface area contributed by atoms with Crippen molar-refractivity contribution >= 4 is 11.5 Å². The lowest BCUT2D eigenvalue weighted by atomic mass is 10.1. The van der Waals surface area contributed by atoms with Crippen LogP contribution in [0.5, 0.6) is 0 Å². The topological polar surface area (TPSA) is 68.0 Å². The van der Waals surface area contributed by atoms with Crippen LogP contribution >= 0.6 is 0 Å². The van der Waals surface area contributed by atoms with E-state index in [4.69, 9.17) is 0 Å². The Balaban J connectivity index is 1.99. The number of aromatic nitrogens is 3. The Morgan fingerprint density at radius 2 is 2.04 bits per heavy atom. The van der Waals surface area contributed by atoms with Crippen LogP contribution in [0.2, 0.25) is 0 Å². The first-order valence-electron chi connectivity index (χ1n) is 8.04. The van der Waals surface area contributed by atoms with E-state index in [2.05, 4.69) is 29.0 Å². The molecule has 3 rings (SSSR count). The Bertz CT molecular complexity index is 842. The SMILES string of the molecule is C/C(=C\C=C(/C)C1CC1)c1c(-c2cc(C(=O)O)ccn2)ncn1C. The van der Waals surface area contributed by atoms with E-state index in [1.807, 2.05) is 18.5 Å². The number of imidazole rings is 1. The third-order valence-electron chi connectivity index (χ3n) is 4.38. The summed E-state index contributed by atoms with van der Waals surface area (Å²) in [6, 6.07) is 3.05. The van der Waals surface area contributed by atoms with E-state index in [-0.39, 0.29) is 5.56 Å². The van der Waals surface area contributed by atoms with Crippen molar-refractivity contribution in [2.24, 2.45) is 13.0 Å². The van der Waals surface area contributed by atoms with Gasteiger partial charge >= 0.3 is 5.97 Å². The van der Waals surface area contributed by atoms with Crippen LogP contribution in [0.1, 0.15) is 42.7 Å². The minimum Gasteiger partial charge on any atom is -0.478 e. The molecule has 0 aliphatic heterocycles. The molecule has 0 radical (unpaired) electrons. The number of carbonyl (C=O) groups is 1. The van der Waals surface area contributed by atoms with Gasteiger partial charge < -0.3 is 9.67 Å². The average molecular weight is 323 g/mol. The zero-order valence-electron chi connectivity index (χ0n) is 14.2. The number of rotatable bonds is 5. The second kappa shape index (κ2) is 6.43. The van der Waals surface area contributed by atoms with Gasteiger partial charge in [0.25, 0.3) is 0 Å². The quantitative estimate of drug-likeness (QED) is 0.846. The minimum absolute atomic E-state index is 0.211. The Morgan fingerprint density at radius 3 is 2.71 bits per heavy atom. The lowest BCUT2D eigenvalue weighted by Gasteiger charge is -2.07. The highest BCUT2D eigenvalue weighted by molar-refractivity contribution is 5.89. The van der Waals surface area contributed by atoms with Crippen LogP contribution in [0.3, 0.4) is 0 Å². The highest BCUT2D eigenvalue weighted by atomic mass is 16.4. The Kier molecular flexibility index (Phi) is 4.34. The summed E-state index contributed by atoms with van der Waals surface area (Å²) in [6.45, 7) is 4.21. The standard InChI is InChI=1S/C19H21N3O2/c1-12(14-6-7-14)4-5-13(2)18-17(21-11-22(18)3)16-10-15(19(23)24)8-9-20-16/h4-5,8-11,14H,6-7H2,1-3H3,(H,23,24)/b12-4+,13-5+. The Labute approximate surface area is 141 Å². The van der Waals surface area contributed by atoms with Crippen molar-refractivity contribution in [2.75, 3.05) is 0 Å². The maximum absolute atomic E-state index is 11.2. The van der Waals surface area contributed by atoms with Gasteiger partial charge in [-0.3, -0.25) is 4.98 Å². The molecule has 1 N–H and O–H groups in total. The summed E-state index contributed by atoms with van der Waals surface area (Å²) < 4.78 is 1.94. The summed E-state index contributed by atoms with van der Waals surface area (Å²) in [5, 5.41) is 9.17. The number of aryl methyl sites for hydroxylation is 1. The Hall–Kier alpha value is -2.69. The first-order valence-corrected chi connectivity index (χ1v) is 8.04. The van der Waals surface area contributed by atoms with E-state index in [9.17, 15) is 9.90 Å². The summed E-state index contributed by atoms with van der Waals surface area (Å²) in [4.78, 5) is 19.9. The molecule has 0 bridgehead atoms. The van der Waals surface area contributed by atoms with Gasteiger partial charge in [0.15, 0.2) is 0 Å². The fourth-order valence-corrected chi connectivity index (χ4v) is 2.79. The summed E-state index contributed by atoms with van der Waals surface area (Å²) in [7, 11) is 1.93. The highest BCUT2D eigenvalue weighted by Gasteiger charge is 2.22. The van der Waals surface area contributed by atoms with E-state index >= 15 is 0 Å². The third-order valence-corrected chi connectivity index (χ3v) is 4.38. The van der Waals surface area contributed by atoms with Gasteiger partial charge in [0.1, 0.15) is 5.69 Å². The van der Waals surface area contributed by atoms with E-state index in [1.54, 1.807) is 12.4 Å². The molecule has 1 fully saturated rings. The molecule has 1 aliphatic rings. The van der Waals surface area contributed by atoms with Gasteiger partial charge in [0.05, 0.1) is 23.3 Å². The van der Waals surface area contributed by atoms with Gasteiger partial charge in [-0.2, -0.15) is 0 Å². The summed E-state index contributed by atoms with van der Waals surface area (Å²) in [5.41, 5.74) is 4.91. The van der Waals surface area contributed by atoms with Gasteiger partial charge in [0, 0.05) is 13.2 Å². The van der Waals surface area contributed by atoms with Crippen molar-refractivity contribution in [3.8, 4) is 11.4 Å². The second-order valence-electron chi connectivity index (χ2n) is 6.32. The summed E-state index contributed by atoms with van der Waals surface area (Å²) >= 11 is 0. The number of pyridine rings is 1. The van der Waals surface area contributed by atoms with Gasteiger partial charge in [-0.25, -0.2) is 9.78 Å². The first kappa shape index (κ1) is 16.2. The highest BCUT2D eigenvalue weighted by Crippen LogP contribution is 2.36. The van der Waals surface area contributed by atoms with Crippen LogP contribution in [0.25, 0.3) is 17.0 Å². The molecule has 0 atom stereocenters. The van der Waals surface area contributed by atoms with Crippen LogP contribution in [0.15, 0.2) is 42.4 Å². The molecule has 5 heteroatoms. The molecule has 0 spiro atoms. The number of hydrogen-bond donors (Lipinski definition) is 1. The number of nitrogens with zero attached hydrogens (tertiary/aromatic N) is 3. The first-order chi connectivity index (χ1) is 11.5. The molecule has 0 amide bonds. The zero-order valence-corrected chi connectivity index (χ0v) is 14.2. The maximum atomic E-state index is 11.2. The normalized spacial score (nSPS) is 15.6. The van der Waals surface area contributed by atoms with Crippen LogP contribution < -0.4 is 0 Å². The van der Waals surface area contributed by atoms with Crippen molar-refractivity contribution < 1.29 is 9.90 Å². The number of hydrogen-bond acceptors (Lipinski definition) is 3. The van der Waals surface area contributed by atoms with Crippen LogP contribution in [0, 0.1) is 5.92 Å². The van der Waals surface area contributed by atoms with Crippen molar-refractivity contribution in [1.82, 2.24) is 14.5 Å². The number of aromatic carboxylic acids is 1. The molecule has 2 heterocycles. The second-order valence-corrected chi connectivity index (χ2v) is 6.32. The number of allylic oxidation sites excluding steroid dienone is 4. The number of carboxylic acids is 1. The zero-order chi connectivity index (χ0) is 17.3. The summed E-state index contributed by atoms with van der Waals surface area (Å²) in [6.07, 6.45) is 10.1. The van der Waals surface area contributed by atoms with Crippen LogP contribution in [-0.4, -0.2) is 25.6 Å². The average Bonchev–Trinajstić information content (AvgIpc) is 3.35. The fraction of sp³-hybridized carbons (Fsp3) is 0.316. The van der Waals surface area contributed by atoms with Crippen LogP contribution in [-0.2, 0) is 7.05 Å².